The van der Waals surface area contributed by atoms with Crippen LogP contribution in [0.4, 0.5) is 4.39 Å². The minimum absolute atomic E-state index is 0.00824. The van der Waals surface area contributed by atoms with Gasteiger partial charge in [-0.2, -0.15) is 0 Å². The maximum absolute atomic E-state index is 14.0. The molecular weight excluding hydrogens is 347 g/mol. The summed E-state index contributed by atoms with van der Waals surface area (Å²) in [4.78, 5) is 0. The van der Waals surface area contributed by atoms with E-state index in [1.165, 1.54) is 6.07 Å². The molecule has 20 heavy (non-hydrogen) atoms. The maximum Gasteiger partial charge on any atom is 0.140 e. The molecule has 3 N–H and O–H groups in total. The molecule has 2 rings (SSSR count). The molecule has 0 saturated heterocycles. The molecule has 0 aliphatic rings. The van der Waals surface area contributed by atoms with Crippen LogP contribution in [0.25, 0.3) is 0 Å². The van der Waals surface area contributed by atoms with Crippen LogP contribution in [0.1, 0.15) is 11.1 Å². The first-order chi connectivity index (χ1) is 9.49. The van der Waals surface area contributed by atoms with Gasteiger partial charge < -0.3 is 10.5 Å². The number of nitrogens with two attached hydrogens (primary N) is 1. The van der Waals surface area contributed by atoms with Crippen LogP contribution in [0.15, 0.2) is 40.9 Å². The Morgan fingerprint density at radius 1 is 1.35 bits per heavy atom. The molecule has 0 amide bonds. The van der Waals surface area contributed by atoms with Gasteiger partial charge in [0.1, 0.15) is 24.0 Å². The molecule has 2 aromatic rings. The summed E-state index contributed by atoms with van der Waals surface area (Å²) >= 11 is 9.31. The molecule has 0 spiro atoms. The van der Waals surface area contributed by atoms with E-state index in [9.17, 15) is 4.39 Å². The van der Waals surface area contributed by atoms with E-state index in [1.807, 2.05) is 0 Å². The Kier molecular flexibility index (Phi) is 4.62. The first kappa shape index (κ1) is 14.8. The minimum Gasteiger partial charge on any atom is -0.487 e. The van der Waals surface area contributed by atoms with E-state index in [1.54, 1.807) is 30.3 Å². The van der Waals surface area contributed by atoms with E-state index < -0.39 is 5.82 Å². The summed E-state index contributed by atoms with van der Waals surface area (Å²) in [5, 5.41) is 7.73. The zero-order valence-corrected chi connectivity index (χ0v) is 12.6. The number of amidine groups is 1. The van der Waals surface area contributed by atoms with Crippen molar-refractivity contribution >= 4 is 33.4 Å². The number of nitrogen functional groups attached to an aromatic ring is 1. The van der Waals surface area contributed by atoms with Gasteiger partial charge in [-0.05, 0) is 24.3 Å². The molecule has 0 aromatic heterocycles. The van der Waals surface area contributed by atoms with Gasteiger partial charge in [0.25, 0.3) is 0 Å². The first-order valence-electron chi connectivity index (χ1n) is 5.68. The Labute approximate surface area is 129 Å². The molecule has 2 aromatic carbocycles. The minimum atomic E-state index is -0.548. The van der Waals surface area contributed by atoms with Crippen LogP contribution >= 0.6 is 27.5 Å². The van der Waals surface area contributed by atoms with Gasteiger partial charge in [-0.3, -0.25) is 5.41 Å². The number of nitrogens with one attached hydrogen (secondary N) is 1. The molecule has 0 heterocycles. The van der Waals surface area contributed by atoms with Crippen molar-refractivity contribution in [2.75, 3.05) is 0 Å². The molecular formula is C14H11BrClFN2O. The summed E-state index contributed by atoms with van der Waals surface area (Å²) in [6.45, 7) is 0.00824. The lowest BCUT2D eigenvalue weighted by atomic mass is 10.1. The van der Waals surface area contributed by atoms with Crippen molar-refractivity contribution in [1.82, 2.24) is 0 Å². The van der Waals surface area contributed by atoms with Crippen LogP contribution in [-0.4, -0.2) is 5.84 Å². The third-order valence-electron chi connectivity index (χ3n) is 2.65. The molecule has 104 valence electrons. The lowest BCUT2D eigenvalue weighted by Crippen LogP contribution is -2.14. The summed E-state index contributed by atoms with van der Waals surface area (Å²) in [5.41, 5.74) is 5.69. The van der Waals surface area contributed by atoms with Gasteiger partial charge in [-0.15, -0.1) is 0 Å². The molecule has 6 heteroatoms. The Balaban J connectivity index is 2.19. The Bertz CT molecular complexity index is 664. The first-order valence-corrected chi connectivity index (χ1v) is 6.85. The van der Waals surface area contributed by atoms with E-state index in [-0.39, 0.29) is 18.0 Å². The number of benzene rings is 2. The van der Waals surface area contributed by atoms with Gasteiger partial charge in [0.2, 0.25) is 0 Å². The summed E-state index contributed by atoms with van der Waals surface area (Å²) in [6, 6.07) is 9.83. The highest BCUT2D eigenvalue weighted by molar-refractivity contribution is 9.10. The van der Waals surface area contributed by atoms with Crippen molar-refractivity contribution in [3.8, 4) is 5.75 Å². The zero-order valence-electron chi connectivity index (χ0n) is 10.3. The molecule has 0 saturated carbocycles. The molecule has 0 unspecified atom stereocenters. The standard InChI is InChI=1S/C14H11BrClFN2O/c15-9-4-5-12(11(16)6-9)20-7-8-2-1-3-10(13(8)17)14(18)19/h1-6H,7H2,(H3,18,19). The van der Waals surface area contributed by atoms with Crippen molar-refractivity contribution in [1.29, 1.82) is 5.41 Å². The van der Waals surface area contributed by atoms with Crippen LogP contribution < -0.4 is 10.5 Å². The van der Waals surface area contributed by atoms with Gasteiger partial charge in [0.05, 0.1) is 10.6 Å². The Morgan fingerprint density at radius 2 is 2.10 bits per heavy atom. The molecule has 0 aliphatic carbocycles. The van der Waals surface area contributed by atoms with E-state index in [0.29, 0.717) is 16.3 Å². The molecule has 0 fully saturated rings. The Morgan fingerprint density at radius 3 is 2.75 bits per heavy atom. The lowest BCUT2D eigenvalue weighted by Gasteiger charge is -2.10. The van der Waals surface area contributed by atoms with E-state index in [0.717, 1.165) is 4.47 Å². The van der Waals surface area contributed by atoms with Crippen LogP contribution in [0.2, 0.25) is 5.02 Å². The van der Waals surface area contributed by atoms with E-state index in [2.05, 4.69) is 15.9 Å². The second kappa shape index (κ2) is 6.24. The molecule has 0 aliphatic heterocycles. The van der Waals surface area contributed by atoms with Crippen LogP contribution in [0.3, 0.4) is 0 Å². The lowest BCUT2D eigenvalue weighted by molar-refractivity contribution is 0.300. The van der Waals surface area contributed by atoms with Crippen molar-refractivity contribution in [3.63, 3.8) is 0 Å². The predicted octanol–water partition coefficient (Wildman–Crippen LogP) is 4.10. The van der Waals surface area contributed by atoms with Crippen molar-refractivity contribution in [2.24, 2.45) is 5.73 Å². The summed E-state index contributed by atoms with van der Waals surface area (Å²) in [7, 11) is 0. The van der Waals surface area contributed by atoms with Crippen molar-refractivity contribution in [2.45, 2.75) is 6.61 Å². The number of halogens is 3. The molecule has 3 nitrogen and oxygen atoms in total. The van der Waals surface area contributed by atoms with Gasteiger partial charge >= 0.3 is 0 Å². The number of rotatable bonds is 4. The number of hydrogen-bond donors (Lipinski definition) is 2. The van der Waals surface area contributed by atoms with Gasteiger partial charge in [0, 0.05) is 10.0 Å². The second-order valence-electron chi connectivity index (χ2n) is 4.06. The van der Waals surface area contributed by atoms with E-state index >= 15 is 0 Å². The molecule has 0 radical (unpaired) electrons. The maximum atomic E-state index is 14.0. The summed E-state index contributed by atoms with van der Waals surface area (Å²) in [6.07, 6.45) is 0. The highest BCUT2D eigenvalue weighted by atomic mass is 79.9. The van der Waals surface area contributed by atoms with Crippen molar-refractivity contribution < 1.29 is 9.13 Å². The topological polar surface area (TPSA) is 59.1 Å². The fourth-order valence-electron chi connectivity index (χ4n) is 1.65. The fraction of sp³-hybridized carbons (Fsp3) is 0.0714. The zero-order chi connectivity index (χ0) is 14.7. The van der Waals surface area contributed by atoms with Gasteiger partial charge in [0.15, 0.2) is 0 Å². The van der Waals surface area contributed by atoms with Gasteiger partial charge in [-0.25, -0.2) is 4.39 Å². The molecule has 0 atom stereocenters. The third-order valence-corrected chi connectivity index (χ3v) is 3.43. The van der Waals surface area contributed by atoms with Gasteiger partial charge in [-0.1, -0.05) is 39.7 Å². The summed E-state index contributed by atoms with van der Waals surface area (Å²) < 4.78 is 20.4. The monoisotopic (exact) mass is 356 g/mol. The number of hydrogen-bond acceptors (Lipinski definition) is 2. The number of ether oxygens (including phenoxy) is 1. The highest BCUT2D eigenvalue weighted by Gasteiger charge is 2.11. The quantitative estimate of drug-likeness (QED) is 0.639. The third kappa shape index (κ3) is 3.29. The second-order valence-corrected chi connectivity index (χ2v) is 5.38. The van der Waals surface area contributed by atoms with E-state index in [4.69, 9.17) is 27.5 Å². The SMILES string of the molecule is N=C(N)c1cccc(COc2ccc(Br)cc2Cl)c1F. The van der Waals surface area contributed by atoms with Crippen LogP contribution in [-0.2, 0) is 6.61 Å². The van der Waals surface area contributed by atoms with Crippen molar-refractivity contribution in [3.05, 3.63) is 62.8 Å². The largest absolute Gasteiger partial charge is 0.487 e. The fourth-order valence-corrected chi connectivity index (χ4v) is 2.38. The smallest absolute Gasteiger partial charge is 0.140 e. The average molecular weight is 358 g/mol. The highest BCUT2D eigenvalue weighted by Crippen LogP contribution is 2.28. The molecule has 0 bridgehead atoms. The van der Waals surface area contributed by atoms with Crippen LogP contribution in [0, 0.1) is 11.2 Å². The Hall–Kier alpha value is -1.59. The predicted molar refractivity (Wildman–Crippen MR) is 80.9 cm³/mol. The normalized spacial score (nSPS) is 10.3. The van der Waals surface area contributed by atoms with Crippen LogP contribution in [0.5, 0.6) is 5.75 Å². The average Bonchev–Trinajstić information content (AvgIpc) is 2.39. The summed E-state index contributed by atoms with van der Waals surface area (Å²) in [5.74, 6) is -0.401.